The molecule has 1 rings (SSSR count). The van der Waals surface area contributed by atoms with Crippen LogP contribution in [0.1, 0.15) is 51.9 Å². The molecule has 0 radical (unpaired) electrons. The molecular weight excluding hydrogens is 292 g/mol. The molecule has 0 fully saturated rings. The molecule has 1 heterocycles. The molecule has 0 aliphatic heterocycles. The van der Waals surface area contributed by atoms with Gasteiger partial charge in [0.25, 0.3) is 0 Å². The second kappa shape index (κ2) is 9.42. The van der Waals surface area contributed by atoms with Crippen molar-refractivity contribution in [2.75, 3.05) is 5.33 Å². The lowest BCUT2D eigenvalue weighted by Crippen LogP contribution is -2.23. The summed E-state index contributed by atoms with van der Waals surface area (Å²) in [6, 6.07) is 0. The Labute approximate surface area is 118 Å². The number of hydrogen-bond donors (Lipinski definition) is 0. The third-order valence-corrected chi connectivity index (χ3v) is 3.85. The zero-order valence-electron chi connectivity index (χ0n) is 11.4. The molecule has 0 amide bonds. The van der Waals surface area contributed by atoms with E-state index in [9.17, 15) is 4.79 Å². The smallest absolute Gasteiger partial charge is 0.300 e. The largest absolute Gasteiger partial charge is 0.328 e. The van der Waals surface area contributed by atoms with Gasteiger partial charge in [0.1, 0.15) is 0 Å². The lowest BCUT2D eigenvalue weighted by atomic mass is 10.1. The summed E-state index contributed by atoms with van der Waals surface area (Å²) in [7, 11) is 0. The third-order valence-electron chi connectivity index (χ3n) is 3.29. The molecule has 3 nitrogen and oxygen atoms in total. The van der Waals surface area contributed by atoms with Crippen LogP contribution in [0.2, 0.25) is 0 Å². The summed E-state index contributed by atoms with van der Waals surface area (Å²) < 4.78 is 3.58. The SMILES string of the molecule is CCn1ccn(CCCCCCCCCBr)c1=O. The minimum atomic E-state index is 0.134. The quantitative estimate of drug-likeness (QED) is 0.476. The van der Waals surface area contributed by atoms with E-state index in [-0.39, 0.29) is 5.69 Å². The number of imidazole rings is 1. The predicted octanol–water partition coefficient (Wildman–Crippen LogP) is 3.80. The van der Waals surface area contributed by atoms with Gasteiger partial charge in [0.2, 0.25) is 0 Å². The van der Waals surface area contributed by atoms with Crippen LogP contribution in [0.25, 0.3) is 0 Å². The van der Waals surface area contributed by atoms with Crippen molar-refractivity contribution in [3.05, 3.63) is 22.9 Å². The first-order valence-electron chi connectivity index (χ1n) is 7.11. The lowest BCUT2D eigenvalue weighted by Gasteiger charge is -2.02. The Hall–Kier alpha value is -0.510. The summed E-state index contributed by atoms with van der Waals surface area (Å²) in [6.07, 6.45) is 12.7. The molecule has 0 bridgehead atoms. The first-order valence-corrected chi connectivity index (χ1v) is 8.23. The number of alkyl halides is 1. The fourth-order valence-corrected chi connectivity index (χ4v) is 2.52. The number of unbranched alkanes of at least 4 members (excludes halogenated alkanes) is 6. The van der Waals surface area contributed by atoms with Crippen molar-refractivity contribution in [2.45, 2.75) is 65.0 Å². The number of rotatable bonds is 10. The highest BCUT2D eigenvalue weighted by Crippen LogP contribution is 2.08. The molecular formula is C14H25BrN2O. The minimum absolute atomic E-state index is 0.134. The van der Waals surface area contributed by atoms with Crippen LogP contribution >= 0.6 is 15.9 Å². The molecule has 0 N–H and O–H groups in total. The Morgan fingerprint density at radius 1 is 0.944 bits per heavy atom. The topological polar surface area (TPSA) is 26.9 Å². The molecule has 0 aliphatic carbocycles. The zero-order valence-corrected chi connectivity index (χ0v) is 13.0. The Morgan fingerprint density at radius 3 is 2.06 bits per heavy atom. The summed E-state index contributed by atoms with van der Waals surface area (Å²) in [5, 5.41) is 1.13. The third kappa shape index (κ3) is 5.42. The van der Waals surface area contributed by atoms with E-state index in [4.69, 9.17) is 0 Å². The zero-order chi connectivity index (χ0) is 13.2. The van der Waals surface area contributed by atoms with Crippen LogP contribution in [0.4, 0.5) is 0 Å². The van der Waals surface area contributed by atoms with Crippen LogP contribution in [0.5, 0.6) is 0 Å². The fraction of sp³-hybridized carbons (Fsp3) is 0.786. The summed E-state index contributed by atoms with van der Waals surface area (Å²) in [6.45, 7) is 3.63. The van der Waals surface area contributed by atoms with Crippen molar-refractivity contribution in [2.24, 2.45) is 0 Å². The van der Waals surface area contributed by atoms with E-state index in [2.05, 4.69) is 15.9 Å². The van der Waals surface area contributed by atoms with Gasteiger partial charge in [-0.3, -0.25) is 9.13 Å². The Morgan fingerprint density at radius 2 is 1.50 bits per heavy atom. The van der Waals surface area contributed by atoms with Crippen molar-refractivity contribution in [3.63, 3.8) is 0 Å². The number of aromatic nitrogens is 2. The van der Waals surface area contributed by atoms with Crippen LogP contribution in [-0.4, -0.2) is 14.5 Å². The number of hydrogen-bond acceptors (Lipinski definition) is 1. The molecule has 104 valence electrons. The van der Waals surface area contributed by atoms with Crippen LogP contribution in [-0.2, 0) is 13.1 Å². The van der Waals surface area contributed by atoms with E-state index in [1.54, 1.807) is 4.57 Å². The molecule has 1 aromatic rings. The molecule has 0 spiro atoms. The first kappa shape index (κ1) is 15.5. The number of halogens is 1. The molecule has 0 aliphatic rings. The van der Waals surface area contributed by atoms with Gasteiger partial charge in [0.05, 0.1) is 0 Å². The maximum atomic E-state index is 11.8. The summed E-state index contributed by atoms with van der Waals surface area (Å²) in [5.74, 6) is 0. The average Bonchev–Trinajstić information content (AvgIpc) is 2.73. The number of nitrogens with zero attached hydrogens (tertiary/aromatic N) is 2. The normalized spacial score (nSPS) is 11.0. The number of aryl methyl sites for hydroxylation is 2. The van der Waals surface area contributed by atoms with Crippen molar-refractivity contribution in [1.82, 2.24) is 9.13 Å². The molecule has 1 aromatic heterocycles. The van der Waals surface area contributed by atoms with Crippen LogP contribution in [0.3, 0.4) is 0 Å². The molecule has 0 atom stereocenters. The summed E-state index contributed by atoms with van der Waals surface area (Å²) in [4.78, 5) is 11.8. The molecule has 0 aromatic carbocycles. The van der Waals surface area contributed by atoms with E-state index in [0.717, 1.165) is 24.8 Å². The maximum Gasteiger partial charge on any atom is 0.328 e. The summed E-state index contributed by atoms with van der Waals surface area (Å²) in [5.41, 5.74) is 0.134. The van der Waals surface area contributed by atoms with Crippen molar-refractivity contribution < 1.29 is 0 Å². The van der Waals surface area contributed by atoms with Crippen molar-refractivity contribution >= 4 is 15.9 Å². The highest BCUT2D eigenvalue weighted by atomic mass is 79.9. The average molecular weight is 317 g/mol. The van der Waals surface area contributed by atoms with Crippen LogP contribution in [0, 0.1) is 0 Å². The van der Waals surface area contributed by atoms with Crippen molar-refractivity contribution in [1.29, 1.82) is 0 Å². The van der Waals surface area contributed by atoms with Crippen LogP contribution < -0.4 is 5.69 Å². The Kier molecular flexibility index (Phi) is 8.14. The van der Waals surface area contributed by atoms with E-state index >= 15 is 0 Å². The van der Waals surface area contributed by atoms with Gasteiger partial charge in [-0.15, -0.1) is 0 Å². The standard InChI is InChI=1S/C14H25BrN2O/c1-2-16-12-13-17(14(16)18)11-9-7-5-3-4-6-8-10-15/h12-13H,2-11H2,1H3. The van der Waals surface area contributed by atoms with Gasteiger partial charge in [-0.25, -0.2) is 4.79 Å². The van der Waals surface area contributed by atoms with Gasteiger partial charge < -0.3 is 0 Å². The van der Waals surface area contributed by atoms with Crippen molar-refractivity contribution in [3.8, 4) is 0 Å². The van der Waals surface area contributed by atoms with Crippen LogP contribution in [0.15, 0.2) is 17.2 Å². The van der Waals surface area contributed by atoms with Gasteiger partial charge in [0.15, 0.2) is 0 Å². The first-order chi connectivity index (χ1) is 8.79. The highest BCUT2D eigenvalue weighted by molar-refractivity contribution is 9.09. The molecule has 4 heteroatoms. The van der Waals surface area contributed by atoms with Gasteiger partial charge in [-0.1, -0.05) is 48.0 Å². The highest BCUT2D eigenvalue weighted by Gasteiger charge is 2.00. The minimum Gasteiger partial charge on any atom is -0.300 e. The van der Waals surface area contributed by atoms with Gasteiger partial charge in [-0.2, -0.15) is 0 Å². The molecule has 0 saturated carbocycles. The molecule has 0 unspecified atom stereocenters. The Bertz CT molecular complexity index is 370. The monoisotopic (exact) mass is 316 g/mol. The van der Waals surface area contributed by atoms with Gasteiger partial charge in [-0.05, 0) is 19.8 Å². The second-order valence-electron chi connectivity index (χ2n) is 4.72. The van der Waals surface area contributed by atoms with E-state index < -0.39 is 0 Å². The van der Waals surface area contributed by atoms with Gasteiger partial charge in [0, 0.05) is 30.8 Å². The van der Waals surface area contributed by atoms with E-state index in [0.29, 0.717) is 0 Å². The Balaban J connectivity index is 2.07. The van der Waals surface area contributed by atoms with E-state index in [1.807, 2.05) is 23.9 Å². The van der Waals surface area contributed by atoms with E-state index in [1.165, 1.54) is 38.5 Å². The maximum absolute atomic E-state index is 11.8. The molecule has 18 heavy (non-hydrogen) atoms. The second-order valence-corrected chi connectivity index (χ2v) is 5.52. The predicted molar refractivity (Wildman–Crippen MR) is 80.5 cm³/mol. The molecule has 0 saturated heterocycles. The van der Waals surface area contributed by atoms with Gasteiger partial charge >= 0.3 is 5.69 Å². The lowest BCUT2D eigenvalue weighted by molar-refractivity contribution is 0.536. The summed E-state index contributed by atoms with van der Waals surface area (Å²) >= 11 is 3.45. The fourth-order valence-electron chi connectivity index (χ4n) is 2.12.